The molecule has 0 bridgehead atoms. The van der Waals surface area contributed by atoms with Crippen LogP contribution in [0.4, 0.5) is 0 Å². The van der Waals surface area contributed by atoms with Gasteiger partial charge in [-0.15, -0.1) is 0 Å². The largest absolute Gasteiger partial charge is 0.192 e. The fourth-order valence-corrected chi connectivity index (χ4v) is 8.98. The van der Waals surface area contributed by atoms with Crippen molar-refractivity contribution in [3.8, 4) is 84.0 Å². The number of rotatable bonds is 5. The maximum Gasteiger partial charge on any atom is 0.0991 e. The van der Waals surface area contributed by atoms with Crippen LogP contribution in [0.5, 0.6) is 0 Å². The standard InChI is InChI=1S/C55H33N/c56-34-35-18-20-38(21-19-35)44-26-27-51-45-14-7-8-15-46(45)52-29-28-50(54(44)55(51)52)47-16-9-17-48-49(47)25-24-39-22-23-40(33-53(39)48)43-31-41(36-10-3-1-4-11-36)30-42(32-43)37-12-5-2-6-13-37/h1-33H. The summed E-state index contributed by atoms with van der Waals surface area (Å²) < 4.78 is 0. The van der Waals surface area contributed by atoms with E-state index in [0.29, 0.717) is 5.56 Å². The summed E-state index contributed by atoms with van der Waals surface area (Å²) >= 11 is 0. The molecule has 56 heavy (non-hydrogen) atoms. The molecule has 1 heteroatoms. The molecule has 0 fully saturated rings. The van der Waals surface area contributed by atoms with Gasteiger partial charge in [-0.1, -0.05) is 164 Å². The van der Waals surface area contributed by atoms with Crippen molar-refractivity contribution >= 4 is 32.3 Å². The molecular formula is C55H33N. The van der Waals surface area contributed by atoms with E-state index >= 15 is 0 Å². The van der Waals surface area contributed by atoms with E-state index in [1.54, 1.807) is 0 Å². The van der Waals surface area contributed by atoms with Crippen molar-refractivity contribution in [2.75, 3.05) is 0 Å². The molecule has 11 rings (SSSR count). The minimum absolute atomic E-state index is 0.663. The summed E-state index contributed by atoms with van der Waals surface area (Å²) in [6.07, 6.45) is 0. The molecule has 0 saturated carbocycles. The molecule has 0 aliphatic heterocycles. The summed E-state index contributed by atoms with van der Waals surface area (Å²) in [5, 5.41) is 17.0. The van der Waals surface area contributed by atoms with Crippen molar-refractivity contribution in [1.82, 2.24) is 0 Å². The second-order valence-corrected chi connectivity index (χ2v) is 14.7. The van der Waals surface area contributed by atoms with Crippen LogP contribution in [0.15, 0.2) is 200 Å². The molecule has 0 heterocycles. The molecule has 0 amide bonds. The quantitative estimate of drug-likeness (QED) is 0.163. The summed E-state index contributed by atoms with van der Waals surface area (Å²) in [7, 11) is 0. The van der Waals surface area contributed by atoms with E-state index in [4.69, 9.17) is 0 Å². The fourth-order valence-electron chi connectivity index (χ4n) is 8.98. The third-order valence-electron chi connectivity index (χ3n) is 11.6. The SMILES string of the molecule is N#Cc1ccc(-c2ccc3c4c(ccc(-c5cccc6c5ccc5ccc(-c7cc(-c8ccccc8)cc(-c8ccccc8)c7)cc56)c24)-c2ccccc2-3)cc1. The van der Waals surface area contributed by atoms with Crippen molar-refractivity contribution in [3.63, 3.8) is 0 Å². The molecule has 258 valence electrons. The van der Waals surface area contributed by atoms with E-state index in [-0.39, 0.29) is 0 Å². The van der Waals surface area contributed by atoms with Gasteiger partial charge in [0.15, 0.2) is 0 Å². The van der Waals surface area contributed by atoms with Crippen LogP contribution in [0, 0.1) is 11.3 Å². The molecule has 0 saturated heterocycles. The summed E-state index contributed by atoms with van der Waals surface area (Å²) in [6, 6.07) is 74.8. The van der Waals surface area contributed by atoms with Crippen LogP contribution in [0.1, 0.15) is 5.56 Å². The predicted octanol–water partition coefficient (Wildman–Crippen LogP) is 15.0. The van der Waals surface area contributed by atoms with Crippen molar-refractivity contribution in [2.24, 2.45) is 0 Å². The number of hydrogen-bond donors (Lipinski definition) is 0. The van der Waals surface area contributed by atoms with Gasteiger partial charge in [0.25, 0.3) is 0 Å². The molecule has 0 radical (unpaired) electrons. The highest BCUT2D eigenvalue weighted by Gasteiger charge is 2.25. The normalized spacial score (nSPS) is 11.6. The second-order valence-electron chi connectivity index (χ2n) is 14.7. The Balaban J connectivity index is 1.13. The Bertz CT molecular complexity index is 3140. The summed E-state index contributed by atoms with van der Waals surface area (Å²) in [5.74, 6) is 0. The third kappa shape index (κ3) is 5.08. The van der Waals surface area contributed by atoms with Crippen LogP contribution >= 0.6 is 0 Å². The highest BCUT2D eigenvalue weighted by Crippen LogP contribution is 2.52. The van der Waals surface area contributed by atoms with Crippen LogP contribution < -0.4 is 0 Å². The monoisotopic (exact) mass is 707 g/mol. The first-order valence-electron chi connectivity index (χ1n) is 19.1. The Hall–Kier alpha value is -7.53. The lowest BCUT2D eigenvalue weighted by atomic mass is 9.86. The summed E-state index contributed by atoms with van der Waals surface area (Å²) in [5.41, 5.74) is 17.7. The zero-order valence-electron chi connectivity index (χ0n) is 30.5. The maximum atomic E-state index is 9.57. The molecule has 0 spiro atoms. The highest BCUT2D eigenvalue weighted by molar-refractivity contribution is 6.24. The molecule has 10 aromatic rings. The number of nitrogens with zero attached hydrogens (tertiary/aromatic N) is 1. The zero-order chi connectivity index (χ0) is 37.2. The number of nitriles is 1. The van der Waals surface area contributed by atoms with Gasteiger partial charge in [0.05, 0.1) is 11.6 Å². The molecule has 1 aliphatic carbocycles. The Morgan fingerprint density at radius 3 is 1.39 bits per heavy atom. The Kier molecular flexibility index (Phi) is 7.31. The lowest BCUT2D eigenvalue weighted by molar-refractivity contribution is 1.48. The molecule has 1 nitrogen and oxygen atoms in total. The molecular weight excluding hydrogens is 675 g/mol. The van der Waals surface area contributed by atoms with Crippen molar-refractivity contribution < 1.29 is 0 Å². The molecule has 0 atom stereocenters. The van der Waals surface area contributed by atoms with E-state index in [2.05, 4.69) is 194 Å². The van der Waals surface area contributed by atoms with Crippen LogP contribution in [0.2, 0.25) is 0 Å². The van der Waals surface area contributed by atoms with Gasteiger partial charge < -0.3 is 0 Å². The van der Waals surface area contributed by atoms with Crippen LogP contribution in [-0.2, 0) is 0 Å². The highest BCUT2D eigenvalue weighted by atomic mass is 14.3. The van der Waals surface area contributed by atoms with Crippen molar-refractivity contribution in [3.05, 3.63) is 206 Å². The van der Waals surface area contributed by atoms with E-state index < -0.39 is 0 Å². The first-order valence-corrected chi connectivity index (χ1v) is 19.1. The van der Waals surface area contributed by atoms with Gasteiger partial charge in [0.2, 0.25) is 0 Å². The van der Waals surface area contributed by atoms with E-state index in [1.807, 2.05) is 12.1 Å². The minimum Gasteiger partial charge on any atom is -0.192 e. The lowest BCUT2D eigenvalue weighted by Crippen LogP contribution is -1.90. The Morgan fingerprint density at radius 1 is 0.268 bits per heavy atom. The minimum atomic E-state index is 0.663. The van der Waals surface area contributed by atoms with Gasteiger partial charge >= 0.3 is 0 Å². The van der Waals surface area contributed by atoms with Crippen molar-refractivity contribution in [1.29, 1.82) is 5.26 Å². The van der Waals surface area contributed by atoms with E-state index in [0.717, 1.165) is 5.56 Å². The molecule has 0 unspecified atom stereocenters. The van der Waals surface area contributed by atoms with Crippen LogP contribution in [-0.4, -0.2) is 0 Å². The van der Waals surface area contributed by atoms with Crippen molar-refractivity contribution in [2.45, 2.75) is 0 Å². The van der Waals surface area contributed by atoms with Gasteiger partial charge in [0.1, 0.15) is 0 Å². The second kappa shape index (κ2) is 12.8. The molecule has 0 N–H and O–H groups in total. The van der Waals surface area contributed by atoms with E-state index in [1.165, 1.54) is 105 Å². The van der Waals surface area contributed by atoms with Gasteiger partial charge in [-0.3, -0.25) is 0 Å². The third-order valence-corrected chi connectivity index (χ3v) is 11.6. The van der Waals surface area contributed by atoms with Gasteiger partial charge in [-0.25, -0.2) is 0 Å². The van der Waals surface area contributed by atoms with Gasteiger partial charge in [0, 0.05) is 0 Å². The first-order chi connectivity index (χ1) is 27.7. The number of benzene rings is 10. The summed E-state index contributed by atoms with van der Waals surface area (Å²) in [6.45, 7) is 0. The lowest BCUT2D eigenvalue weighted by Gasteiger charge is -2.17. The number of fused-ring (bicyclic) bond motifs is 6. The smallest absolute Gasteiger partial charge is 0.0991 e. The Labute approximate surface area is 326 Å². The van der Waals surface area contributed by atoms with Crippen LogP contribution in [0.3, 0.4) is 0 Å². The van der Waals surface area contributed by atoms with Gasteiger partial charge in [-0.05, 0) is 147 Å². The Morgan fingerprint density at radius 2 is 0.768 bits per heavy atom. The number of hydrogen-bond acceptors (Lipinski definition) is 1. The van der Waals surface area contributed by atoms with Gasteiger partial charge in [-0.2, -0.15) is 5.26 Å². The average Bonchev–Trinajstić information content (AvgIpc) is 3.61. The predicted molar refractivity (Wildman–Crippen MR) is 235 cm³/mol. The summed E-state index contributed by atoms with van der Waals surface area (Å²) in [4.78, 5) is 0. The topological polar surface area (TPSA) is 23.8 Å². The van der Waals surface area contributed by atoms with Crippen LogP contribution in [0.25, 0.3) is 110 Å². The van der Waals surface area contributed by atoms with E-state index in [9.17, 15) is 5.26 Å². The average molecular weight is 708 g/mol. The first kappa shape index (κ1) is 31.9. The molecule has 0 aromatic heterocycles. The fraction of sp³-hybridized carbons (Fsp3) is 0. The molecule has 1 aliphatic rings. The zero-order valence-corrected chi connectivity index (χ0v) is 30.5. The maximum absolute atomic E-state index is 9.57. The molecule has 10 aromatic carbocycles.